The fourth-order valence-electron chi connectivity index (χ4n) is 5.03. The van der Waals surface area contributed by atoms with Crippen LogP contribution in [0, 0.1) is 11.3 Å². The highest BCUT2D eigenvalue weighted by Crippen LogP contribution is 2.47. The van der Waals surface area contributed by atoms with E-state index < -0.39 is 5.92 Å². The van der Waals surface area contributed by atoms with Crippen LogP contribution < -0.4 is 15.2 Å². The van der Waals surface area contributed by atoms with E-state index in [2.05, 4.69) is 40.5 Å². The van der Waals surface area contributed by atoms with Gasteiger partial charge in [0.2, 0.25) is 11.8 Å². The molecule has 0 amide bonds. The van der Waals surface area contributed by atoms with Crippen molar-refractivity contribution in [3.05, 3.63) is 70.6 Å². The van der Waals surface area contributed by atoms with Crippen LogP contribution in [-0.2, 0) is 0 Å². The number of benzene rings is 2. The summed E-state index contributed by atoms with van der Waals surface area (Å²) in [6, 6.07) is 15.8. The second kappa shape index (κ2) is 8.55. The number of H-pyrrole nitrogens is 1. The van der Waals surface area contributed by atoms with Crippen molar-refractivity contribution in [1.29, 1.82) is 5.26 Å². The normalized spacial score (nSPS) is 18.4. The third-order valence-electron chi connectivity index (χ3n) is 6.75. The minimum absolute atomic E-state index is 0.0211. The van der Waals surface area contributed by atoms with E-state index in [-0.39, 0.29) is 17.2 Å². The van der Waals surface area contributed by atoms with Crippen LogP contribution in [0.15, 0.2) is 53.9 Å². The lowest BCUT2D eigenvalue weighted by molar-refractivity contribution is 0.371. The minimum atomic E-state index is -0.514. The second-order valence-electron chi connectivity index (χ2n) is 8.63. The summed E-state index contributed by atoms with van der Waals surface area (Å²) in [5, 5.41) is 27.4. The summed E-state index contributed by atoms with van der Waals surface area (Å²) in [6.45, 7) is 0. The van der Waals surface area contributed by atoms with Crippen LogP contribution in [0.3, 0.4) is 0 Å². The number of rotatable bonds is 4. The third-order valence-corrected chi connectivity index (χ3v) is 6.75. The standard InChI is InChI=1S/C26H26N4O3/c1-32-21-13-18(11-12-20(21)31)22-19(14-27)25(28)33-26-23(22)24(29-30-26)17-9-7-16(8-10-17)15-5-3-2-4-6-15/h7-13,15,22,31H,2-6,28H2,1H3,(H,29,30). The molecular formula is C26H26N4O3. The summed E-state index contributed by atoms with van der Waals surface area (Å²) in [7, 11) is 1.49. The predicted molar refractivity (Wildman–Crippen MR) is 124 cm³/mol. The maximum atomic E-state index is 10.1. The lowest BCUT2D eigenvalue weighted by Gasteiger charge is -2.25. The molecule has 0 radical (unpaired) electrons. The SMILES string of the molecule is COc1cc(C2C(C#N)=C(N)Oc3n[nH]c(-c4ccc(C5CCCCC5)cc4)c32)ccc1O. The average Bonchev–Trinajstić information content (AvgIpc) is 3.27. The summed E-state index contributed by atoms with van der Waals surface area (Å²) >= 11 is 0. The molecule has 7 nitrogen and oxygen atoms in total. The topological polar surface area (TPSA) is 117 Å². The number of aromatic amines is 1. The molecule has 1 aliphatic heterocycles. The van der Waals surface area contributed by atoms with Crippen LogP contribution in [0.2, 0.25) is 0 Å². The van der Waals surface area contributed by atoms with E-state index in [4.69, 9.17) is 15.2 Å². The van der Waals surface area contributed by atoms with Crippen LogP contribution in [0.5, 0.6) is 17.4 Å². The maximum Gasteiger partial charge on any atom is 0.244 e. The van der Waals surface area contributed by atoms with Crippen LogP contribution in [-0.4, -0.2) is 22.4 Å². The molecule has 5 rings (SSSR count). The Kier molecular flexibility index (Phi) is 5.43. The van der Waals surface area contributed by atoms with Gasteiger partial charge in [0.25, 0.3) is 0 Å². The summed E-state index contributed by atoms with van der Waals surface area (Å²) in [6.07, 6.45) is 6.40. The van der Waals surface area contributed by atoms with Gasteiger partial charge in [-0.15, -0.1) is 5.10 Å². The zero-order valence-electron chi connectivity index (χ0n) is 18.5. The molecule has 1 atom stereocenters. The monoisotopic (exact) mass is 442 g/mol. The van der Waals surface area contributed by atoms with Crippen molar-refractivity contribution in [2.45, 2.75) is 43.9 Å². The highest BCUT2D eigenvalue weighted by molar-refractivity contribution is 5.71. The van der Waals surface area contributed by atoms with Gasteiger partial charge >= 0.3 is 0 Å². The number of aromatic hydroxyl groups is 1. The molecule has 2 aromatic carbocycles. The van der Waals surface area contributed by atoms with Crippen molar-refractivity contribution in [3.8, 4) is 34.7 Å². The maximum absolute atomic E-state index is 10.1. The number of allylic oxidation sites excluding steroid dienone is 1. The number of phenolic OH excluding ortho intramolecular Hbond substituents is 1. The van der Waals surface area contributed by atoms with Gasteiger partial charge in [0.05, 0.1) is 24.3 Å². The first kappa shape index (κ1) is 21.0. The first-order chi connectivity index (χ1) is 16.1. The fourth-order valence-corrected chi connectivity index (χ4v) is 5.03. The Morgan fingerprint density at radius 2 is 1.85 bits per heavy atom. The Morgan fingerprint density at radius 3 is 2.55 bits per heavy atom. The Balaban J connectivity index is 1.58. The molecule has 7 heteroatoms. The molecule has 2 heterocycles. The molecule has 0 spiro atoms. The van der Waals surface area contributed by atoms with Gasteiger partial charge < -0.3 is 20.3 Å². The Hall–Kier alpha value is -3.92. The number of nitrogens with two attached hydrogens (primary N) is 1. The number of nitriles is 1. The molecule has 168 valence electrons. The van der Waals surface area contributed by atoms with E-state index in [1.165, 1.54) is 44.8 Å². The Bertz CT molecular complexity index is 1250. The molecule has 1 fully saturated rings. The summed E-state index contributed by atoms with van der Waals surface area (Å²) in [5.74, 6) is 0.813. The zero-order valence-corrected chi connectivity index (χ0v) is 18.5. The zero-order chi connectivity index (χ0) is 22.9. The van der Waals surface area contributed by atoms with Crippen LogP contribution in [0.1, 0.15) is 60.6 Å². The molecule has 3 aromatic rings. The van der Waals surface area contributed by atoms with E-state index in [0.717, 1.165) is 22.4 Å². The van der Waals surface area contributed by atoms with Crippen molar-refractivity contribution in [1.82, 2.24) is 10.2 Å². The number of phenols is 1. The quantitative estimate of drug-likeness (QED) is 0.520. The number of fused-ring (bicyclic) bond motifs is 1. The van der Waals surface area contributed by atoms with Crippen molar-refractivity contribution >= 4 is 0 Å². The van der Waals surface area contributed by atoms with Crippen molar-refractivity contribution in [3.63, 3.8) is 0 Å². The number of hydrogen-bond acceptors (Lipinski definition) is 6. The molecule has 0 saturated heterocycles. The highest BCUT2D eigenvalue weighted by Gasteiger charge is 2.36. The number of methoxy groups -OCH3 is 1. The van der Waals surface area contributed by atoms with E-state index in [0.29, 0.717) is 17.5 Å². The van der Waals surface area contributed by atoms with Gasteiger partial charge in [-0.05, 0) is 42.0 Å². The second-order valence-corrected chi connectivity index (χ2v) is 8.63. The van der Waals surface area contributed by atoms with E-state index >= 15 is 0 Å². The summed E-state index contributed by atoms with van der Waals surface area (Å²) < 4.78 is 11.0. The molecule has 1 aromatic heterocycles. The molecule has 2 aliphatic rings. The lowest BCUT2D eigenvalue weighted by Crippen LogP contribution is -2.21. The summed E-state index contributed by atoms with van der Waals surface area (Å²) in [4.78, 5) is 0. The highest BCUT2D eigenvalue weighted by atomic mass is 16.5. The van der Waals surface area contributed by atoms with Gasteiger partial charge in [-0.1, -0.05) is 49.6 Å². The van der Waals surface area contributed by atoms with E-state index in [1.54, 1.807) is 18.2 Å². The van der Waals surface area contributed by atoms with E-state index in [1.807, 2.05) is 0 Å². The molecular weight excluding hydrogens is 416 g/mol. The molecule has 33 heavy (non-hydrogen) atoms. The van der Waals surface area contributed by atoms with Crippen LogP contribution >= 0.6 is 0 Å². The minimum Gasteiger partial charge on any atom is -0.504 e. The largest absolute Gasteiger partial charge is 0.504 e. The van der Waals surface area contributed by atoms with Gasteiger partial charge in [0.1, 0.15) is 11.6 Å². The third kappa shape index (κ3) is 3.68. The number of aromatic nitrogens is 2. The van der Waals surface area contributed by atoms with Gasteiger partial charge in [0, 0.05) is 5.56 Å². The smallest absolute Gasteiger partial charge is 0.244 e. The van der Waals surface area contributed by atoms with E-state index in [9.17, 15) is 10.4 Å². The Morgan fingerprint density at radius 1 is 1.12 bits per heavy atom. The number of nitrogens with one attached hydrogen (secondary N) is 1. The lowest BCUT2D eigenvalue weighted by atomic mass is 9.82. The molecule has 4 N–H and O–H groups in total. The van der Waals surface area contributed by atoms with Gasteiger partial charge in [-0.25, -0.2) is 0 Å². The van der Waals surface area contributed by atoms with Gasteiger partial charge in [-0.3, -0.25) is 5.10 Å². The fraction of sp³-hybridized carbons (Fsp3) is 0.308. The van der Waals surface area contributed by atoms with Crippen LogP contribution in [0.25, 0.3) is 11.3 Å². The molecule has 0 bridgehead atoms. The van der Waals surface area contributed by atoms with Crippen molar-refractivity contribution in [2.24, 2.45) is 5.73 Å². The van der Waals surface area contributed by atoms with Crippen LogP contribution in [0.4, 0.5) is 0 Å². The Labute approximate surface area is 192 Å². The first-order valence-electron chi connectivity index (χ1n) is 11.2. The summed E-state index contributed by atoms with van der Waals surface area (Å²) in [5.41, 5.74) is 11.0. The van der Waals surface area contributed by atoms with Crippen molar-refractivity contribution < 1.29 is 14.6 Å². The number of nitrogens with zero attached hydrogens (tertiary/aromatic N) is 2. The van der Waals surface area contributed by atoms with Gasteiger partial charge in [0.15, 0.2) is 11.5 Å². The van der Waals surface area contributed by atoms with Crippen molar-refractivity contribution in [2.75, 3.05) is 7.11 Å². The molecule has 1 saturated carbocycles. The molecule has 1 aliphatic carbocycles. The molecule has 1 unspecified atom stereocenters. The van der Waals surface area contributed by atoms with Gasteiger partial charge in [-0.2, -0.15) is 5.26 Å². The number of ether oxygens (including phenoxy) is 2. The first-order valence-corrected chi connectivity index (χ1v) is 11.2. The average molecular weight is 443 g/mol. The number of hydrogen-bond donors (Lipinski definition) is 3. The predicted octanol–water partition coefficient (Wildman–Crippen LogP) is 5.06.